The first-order chi connectivity index (χ1) is 13.1. The third-order valence-electron chi connectivity index (χ3n) is 4.35. The molecule has 0 aliphatic rings. The number of nitrogens with one attached hydrogen (secondary N) is 1. The molecule has 0 atom stereocenters. The van der Waals surface area contributed by atoms with Crippen LogP contribution >= 0.6 is 0 Å². The van der Waals surface area contributed by atoms with Gasteiger partial charge in [-0.2, -0.15) is 0 Å². The number of hydrogen-bond acceptors (Lipinski definition) is 6. The number of benzene rings is 3. The molecule has 0 bridgehead atoms. The largest absolute Gasteiger partial charge is 0.399 e. The fourth-order valence-corrected chi connectivity index (χ4v) is 3.21. The highest BCUT2D eigenvalue weighted by Gasteiger charge is 2.18. The van der Waals surface area contributed by atoms with Crippen molar-refractivity contribution in [1.82, 2.24) is 4.98 Å². The maximum absolute atomic E-state index is 11.4. The Labute approximate surface area is 154 Å². The number of pyridine rings is 1. The first kappa shape index (κ1) is 16.7. The summed E-state index contributed by atoms with van der Waals surface area (Å²) in [6.07, 6.45) is 0. The molecule has 0 fully saturated rings. The first-order valence-electron chi connectivity index (χ1n) is 8.30. The van der Waals surface area contributed by atoms with Gasteiger partial charge in [0.1, 0.15) is 0 Å². The average molecular weight is 360 g/mol. The van der Waals surface area contributed by atoms with Crippen molar-refractivity contribution in [3.63, 3.8) is 0 Å². The van der Waals surface area contributed by atoms with Gasteiger partial charge >= 0.3 is 0 Å². The molecule has 0 saturated carbocycles. The number of non-ortho nitro benzene ring substituents is 1. The smallest absolute Gasteiger partial charge is 0.295 e. The lowest BCUT2D eigenvalue weighted by Gasteiger charge is -2.14. The number of aliphatic hydroxyl groups excluding tert-OH is 1. The third-order valence-corrected chi connectivity index (χ3v) is 4.35. The van der Waals surface area contributed by atoms with Gasteiger partial charge in [-0.1, -0.05) is 30.3 Å². The quantitative estimate of drug-likeness (QED) is 0.218. The minimum Gasteiger partial charge on any atom is -0.399 e. The Morgan fingerprint density at radius 3 is 2.63 bits per heavy atom. The Morgan fingerprint density at radius 2 is 1.85 bits per heavy atom. The number of rotatable bonds is 4. The molecule has 0 aliphatic heterocycles. The molecule has 0 amide bonds. The topological polar surface area (TPSA) is 114 Å². The second-order valence-corrected chi connectivity index (χ2v) is 6.18. The molecule has 0 saturated heterocycles. The second-order valence-electron chi connectivity index (χ2n) is 6.18. The summed E-state index contributed by atoms with van der Waals surface area (Å²) in [5.41, 5.74) is 9.41. The van der Waals surface area contributed by atoms with E-state index >= 15 is 0 Å². The normalized spacial score (nSPS) is 11.0. The molecule has 4 rings (SSSR count). The number of aromatic nitrogens is 1. The SMILES string of the molecule is Nc1cc(CO)cc(Nc2c3ccccc3nc3c([N+](=O)[O-])cccc23)c1. The molecule has 3 aromatic carbocycles. The van der Waals surface area contributed by atoms with Crippen molar-refractivity contribution in [2.45, 2.75) is 6.61 Å². The van der Waals surface area contributed by atoms with Crippen LogP contribution in [0.4, 0.5) is 22.7 Å². The van der Waals surface area contributed by atoms with E-state index in [1.54, 1.807) is 30.3 Å². The molecule has 4 N–H and O–H groups in total. The van der Waals surface area contributed by atoms with Gasteiger partial charge in [0.15, 0.2) is 5.52 Å². The highest BCUT2D eigenvalue weighted by Crippen LogP contribution is 2.36. The van der Waals surface area contributed by atoms with Gasteiger partial charge in [0.2, 0.25) is 0 Å². The molecule has 0 spiro atoms. The number of nitrogen functional groups attached to an aromatic ring is 1. The van der Waals surface area contributed by atoms with Crippen LogP contribution in [0.25, 0.3) is 21.8 Å². The number of nitro groups is 1. The second kappa shape index (κ2) is 6.54. The number of hydrogen-bond donors (Lipinski definition) is 3. The first-order valence-corrected chi connectivity index (χ1v) is 8.30. The summed E-state index contributed by atoms with van der Waals surface area (Å²) in [5, 5.41) is 25.7. The third kappa shape index (κ3) is 3.00. The summed E-state index contributed by atoms with van der Waals surface area (Å²) < 4.78 is 0. The number of aliphatic hydroxyl groups is 1. The Bertz CT molecular complexity index is 1190. The van der Waals surface area contributed by atoms with Crippen LogP contribution in [0, 0.1) is 10.1 Å². The lowest BCUT2D eigenvalue weighted by atomic mass is 10.1. The van der Waals surface area contributed by atoms with Crippen LogP contribution in [0.15, 0.2) is 60.7 Å². The fourth-order valence-electron chi connectivity index (χ4n) is 3.21. The summed E-state index contributed by atoms with van der Waals surface area (Å²) in [7, 11) is 0. The fraction of sp³-hybridized carbons (Fsp3) is 0.0500. The van der Waals surface area contributed by atoms with Crippen LogP contribution in [0.3, 0.4) is 0 Å². The number of anilines is 3. The van der Waals surface area contributed by atoms with Crippen molar-refractivity contribution >= 4 is 44.6 Å². The van der Waals surface area contributed by atoms with Crippen LogP contribution in [0.5, 0.6) is 0 Å². The average Bonchev–Trinajstić information content (AvgIpc) is 2.66. The standard InChI is InChI=1S/C20H16N4O3/c21-13-8-12(11-25)9-14(10-13)22-19-15-4-1-2-6-17(15)23-20-16(19)5-3-7-18(20)24(26)27/h1-10,25H,11,21H2,(H,22,23). The van der Waals surface area contributed by atoms with E-state index in [1.165, 1.54) is 6.07 Å². The van der Waals surface area contributed by atoms with Crippen molar-refractivity contribution in [3.05, 3.63) is 76.3 Å². The minimum absolute atomic E-state index is 0.0510. The van der Waals surface area contributed by atoms with Gasteiger partial charge in [-0.25, -0.2) is 4.98 Å². The van der Waals surface area contributed by atoms with E-state index in [1.807, 2.05) is 24.3 Å². The van der Waals surface area contributed by atoms with E-state index in [2.05, 4.69) is 10.3 Å². The van der Waals surface area contributed by atoms with Gasteiger partial charge in [-0.15, -0.1) is 0 Å². The van der Waals surface area contributed by atoms with E-state index in [9.17, 15) is 15.2 Å². The monoisotopic (exact) mass is 360 g/mol. The number of nitrogens with two attached hydrogens (primary N) is 1. The van der Waals surface area contributed by atoms with Gasteiger partial charge in [0.25, 0.3) is 5.69 Å². The summed E-state index contributed by atoms with van der Waals surface area (Å²) in [4.78, 5) is 15.5. The highest BCUT2D eigenvalue weighted by molar-refractivity contribution is 6.10. The lowest BCUT2D eigenvalue weighted by Crippen LogP contribution is -1.99. The molecular weight excluding hydrogens is 344 g/mol. The van der Waals surface area contributed by atoms with Gasteiger partial charge in [-0.05, 0) is 29.8 Å². The number of nitrogens with zero attached hydrogens (tertiary/aromatic N) is 2. The van der Waals surface area contributed by atoms with E-state index < -0.39 is 4.92 Å². The van der Waals surface area contributed by atoms with Crippen molar-refractivity contribution in [1.29, 1.82) is 0 Å². The van der Waals surface area contributed by atoms with Gasteiger partial charge in [-0.3, -0.25) is 10.1 Å². The zero-order valence-corrected chi connectivity index (χ0v) is 14.2. The summed E-state index contributed by atoms with van der Waals surface area (Å²) in [6.45, 7) is -0.136. The Balaban J connectivity index is 2.01. The number of nitro benzene ring substituents is 1. The molecule has 1 heterocycles. The van der Waals surface area contributed by atoms with Crippen LogP contribution in [0.2, 0.25) is 0 Å². The molecule has 0 aliphatic carbocycles. The van der Waals surface area contributed by atoms with E-state index in [4.69, 9.17) is 5.73 Å². The molecular formula is C20H16N4O3. The zero-order chi connectivity index (χ0) is 19.0. The van der Waals surface area contributed by atoms with Gasteiger partial charge < -0.3 is 16.2 Å². The number of fused-ring (bicyclic) bond motifs is 2. The molecule has 4 aromatic rings. The predicted octanol–water partition coefficient (Wildman–Crippen LogP) is 4.11. The van der Waals surface area contributed by atoms with Gasteiger partial charge in [0, 0.05) is 28.2 Å². The van der Waals surface area contributed by atoms with Crippen LogP contribution in [0.1, 0.15) is 5.56 Å². The number of para-hydroxylation sites is 2. The lowest BCUT2D eigenvalue weighted by molar-refractivity contribution is -0.383. The van der Waals surface area contributed by atoms with Crippen LogP contribution in [-0.4, -0.2) is 15.0 Å². The maximum atomic E-state index is 11.4. The molecule has 1 aromatic heterocycles. The molecule has 27 heavy (non-hydrogen) atoms. The molecule has 0 unspecified atom stereocenters. The van der Waals surface area contributed by atoms with Crippen molar-refractivity contribution in [3.8, 4) is 0 Å². The van der Waals surface area contributed by atoms with Crippen LogP contribution < -0.4 is 11.1 Å². The Kier molecular flexibility index (Phi) is 4.06. The minimum atomic E-state index is -0.432. The molecule has 0 radical (unpaired) electrons. The van der Waals surface area contributed by atoms with Crippen LogP contribution in [-0.2, 0) is 6.61 Å². The van der Waals surface area contributed by atoms with Crippen molar-refractivity contribution in [2.75, 3.05) is 11.1 Å². The highest BCUT2D eigenvalue weighted by atomic mass is 16.6. The summed E-state index contributed by atoms with van der Waals surface area (Å²) >= 11 is 0. The summed E-state index contributed by atoms with van der Waals surface area (Å²) in [6, 6.07) is 17.5. The maximum Gasteiger partial charge on any atom is 0.295 e. The molecule has 7 heteroatoms. The van der Waals surface area contributed by atoms with E-state index in [-0.39, 0.29) is 12.3 Å². The van der Waals surface area contributed by atoms with E-state index in [0.29, 0.717) is 39.0 Å². The molecule has 7 nitrogen and oxygen atoms in total. The summed E-state index contributed by atoms with van der Waals surface area (Å²) in [5.74, 6) is 0. The Morgan fingerprint density at radius 1 is 1.07 bits per heavy atom. The molecule has 134 valence electrons. The van der Waals surface area contributed by atoms with Crippen molar-refractivity contribution < 1.29 is 10.0 Å². The predicted molar refractivity (Wildman–Crippen MR) is 106 cm³/mol. The zero-order valence-electron chi connectivity index (χ0n) is 14.2. The van der Waals surface area contributed by atoms with Crippen molar-refractivity contribution in [2.24, 2.45) is 0 Å². The Hall–Kier alpha value is -3.71. The van der Waals surface area contributed by atoms with E-state index in [0.717, 1.165) is 5.39 Å². The van der Waals surface area contributed by atoms with Gasteiger partial charge in [0.05, 0.1) is 22.7 Å².